The van der Waals surface area contributed by atoms with Gasteiger partial charge in [0.2, 0.25) is 11.8 Å². The molecule has 1 atom stereocenters. The minimum absolute atomic E-state index is 0.0437. The van der Waals surface area contributed by atoms with Crippen LogP contribution in [0.2, 0.25) is 0 Å². The van der Waals surface area contributed by atoms with Gasteiger partial charge in [0.05, 0.1) is 17.1 Å². The third kappa shape index (κ3) is 4.53. The highest BCUT2D eigenvalue weighted by molar-refractivity contribution is 7.99. The van der Waals surface area contributed by atoms with Crippen LogP contribution in [0.15, 0.2) is 30.3 Å². The number of carbonyl (C=O) groups excluding carboxylic acids is 2. The van der Waals surface area contributed by atoms with E-state index in [2.05, 4.69) is 10.4 Å². The van der Waals surface area contributed by atoms with Gasteiger partial charge in [-0.25, -0.2) is 4.68 Å². The maximum atomic E-state index is 12.8. The Morgan fingerprint density at radius 2 is 1.96 bits per heavy atom. The van der Waals surface area contributed by atoms with E-state index >= 15 is 0 Å². The summed E-state index contributed by atoms with van der Waals surface area (Å²) in [6.45, 7) is 4.64. The van der Waals surface area contributed by atoms with E-state index in [9.17, 15) is 9.59 Å². The molecule has 6 nitrogen and oxygen atoms in total. The molecule has 0 radical (unpaired) electrons. The zero-order chi connectivity index (χ0) is 19.4. The van der Waals surface area contributed by atoms with Crippen molar-refractivity contribution in [3.8, 4) is 5.69 Å². The van der Waals surface area contributed by atoms with Gasteiger partial charge in [0.1, 0.15) is 6.04 Å². The number of hydrogen-bond donors (Lipinski definition) is 1. The fourth-order valence-electron chi connectivity index (χ4n) is 3.51. The summed E-state index contributed by atoms with van der Waals surface area (Å²) < 4.78 is 1.88. The average molecular weight is 387 g/mol. The molecule has 0 bridgehead atoms. The monoisotopic (exact) mass is 386 g/mol. The molecule has 1 aliphatic heterocycles. The number of rotatable bonds is 5. The van der Waals surface area contributed by atoms with Crippen molar-refractivity contribution in [1.82, 2.24) is 14.7 Å². The Labute approximate surface area is 164 Å². The van der Waals surface area contributed by atoms with Gasteiger partial charge in [0.25, 0.3) is 0 Å². The number of nitrogens with zero attached hydrogens (tertiary/aromatic N) is 3. The number of thioether (sulfide) groups is 1. The van der Waals surface area contributed by atoms with E-state index in [1.54, 1.807) is 4.90 Å². The largest absolute Gasteiger partial charge is 0.330 e. The van der Waals surface area contributed by atoms with Crippen LogP contribution in [0.4, 0.5) is 5.69 Å². The number of anilines is 1. The van der Waals surface area contributed by atoms with Crippen LogP contribution >= 0.6 is 11.8 Å². The van der Waals surface area contributed by atoms with Crippen LogP contribution in [-0.4, -0.2) is 51.1 Å². The molecule has 0 spiro atoms. The van der Waals surface area contributed by atoms with Gasteiger partial charge < -0.3 is 10.2 Å². The quantitative estimate of drug-likeness (QED) is 0.857. The number of piperidine rings is 1. The molecule has 1 aromatic carbocycles. The van der Waals surface area contributed by atoms with Gasteiger partial charge in [-0.1, -0.05) is 0 Å². The lowest BCUT2D eigenvalue weighted by atomic mass is 10.0. The molecule has 3 rings (SSSR count). The van der Waals surface area contributed by atoms with Gasteiger partial charge in [0, 0.05) is 17.9 Å². The number of benzene rings is 1. The van der Waals surface area contributed by atoms with Gasteiger partial charge in [-0.15, -0.1) is 0 Å². The molecule has 2 amide bonds. The highest BCUT2D eigenvalue weighted by Crippen LogP contribution is 2.21. The first-order valence-electron chi connectivity index (χ1n) is 9.22. The Bertz CT molecular complexity index is 816. The first-order chi connectivity index (χ1) is 13.0. The van der Waals surface area contributed by atoms with Crippen LogP contribution < -0.4 is 5.32 Å². The number of nitrogens with one attached hydrogen (secondary N) is 1. The standard InChI is InChI=1S/C20H26N4O2S/c1-14-12-15(2)24(22-14)17-9-7-16(8-10-17)21-20(26)18-6-4-5-11-23(18)19(25)13-27-3/h7-10,12,18H,4-6,11,13H2,1-3H3,(H,21,26)/t18-/m0/s1. The molecule has 1 N–H and O–H groups in total. The van der Waals surface area contributed by atoms with Crippen molar-refractivity contribution in [3.05, 3.63) is 41.7 Å². The second-order valence-corrected chi connectivity index (χ2v) is 7.77. The average Bonchev–Trinajstić information content (AvgIpc) is 3.00. The molecule has 0 unspecified atom stereocenters. The number of hydrogen-bond acceptors (Lipinski definition) is 4. The van der Waals surface area contributed by atoms with Crippen LogP contribution in [-0.2, 0) is 9.59 Å². The second-order valence-electron chi connectivity index (χ2n) is 6.91. The zero-order valence-electron chi connectivity index (χ0n) is 16.1. The van der Waals surface area contributed by atoms with E-state index in [-0.39, 0.29) is 17.9 Å². The molecule has 1 aliphatic rings. The van der Waals surface area contributed by atoms with Crippen molar-refractivity contribution in [2.45, 2.75) is 39.2 Å². The molecule has 7 heteroatoms. The summed E-state index contributed by atoms with van der Waals surface area (Å²) in [6, 6.07) is 9.27. The fraction of sp³-hybridized carbons (Fsp3) is 0.450. The zero-order valence-corrected chi connectivity index (χ0v) is 16.9. The van der Waals surface area contributed by atoms with Crippen molar-refractivity contribution in [3.63, 3.8) is 0 Å². The van der Waals surface area contributed by atoms with Gasteiger partial charge in [-0.2, -0.15) is 16.9 Å². The molecule has 0 saturated carbocycles. The number of likely N-dealkylation sites (tertiary alicyclic amines) is 1. The van der Waals surface area contributed by atoms with Crippen LogP contribution in [0.25, 0.3) is 5.69 Å². The highest BCUT2D eigenvalue weighted by Gasteiger charge is 2.31. The lowest BCUT2D eigenvalue weighted by Gasteiger charge is -2.34. The number of carbonyl (C=O) groups is 2. The van der Waals surface area contributed by atoms with Crippen LogP contribution in [0.3, 0.4) is 0 Å². The Kier molecular flexibility index (Phi) is 6.21. The SMILES string of the molecule is CSCC(=O)N1CCCC[C@H]1C(=O)Nc1ccc(-n2nc(C)cc2C)cc1. The predicted octanol–water partition coefficient (Wildman–Crippen LogP) is 3.17. The minimum atomic E-state index is -0.380. The van der Waals surface area contributed by atoms with E-state index < -0.39 is 0 Å². The van der Waals surface area contributed by atoms with Gasteiger partial charge in [-0.05, 0) is 69.7 Å². The number of aromatic nitrogens is 2. The third-order valence-electron chi connectivity index (χ3n) is 4.78. The van der Waals surface area contributed by atoms with E-state index in [4.69, 9.17) is 0 Å². The first kappa shape index (κ1) is 19.5. The Morgan fingerprint density at radius 3 is 2.59 bits per heavy atom. The number of aryl methyl sites for hydroxylation is 2. The molecule has 0 aliphatic carbocycles. The molecular formula is C20H26N4O2S. The smallest absolute Gasteiger partial charge is 0.247 e. The molecular weight excluding hydrogens is 360 g/mol. The molecule has 144 valence electrons. The Hall–Kier alpha value is -2.28. The van der Waals surface area contributed by atoms with E-state index in [1.807, 2.05) is 55.1 Å². The first-order valence-corrected chi connectivity index (χ1v) is 10.6. The van der Waals surface area contributed by atoms with Crippen LogP contribution in [0.5, 0.6) is 0 Å². The van der Waals surface area contributed by atoms with Gasteiger partial charge in [-0.3, -0.25) is 9.59 Å². The maximum Gasteiger partial charge on any atom is 0.247 e. The molecule has 1 saturated heterocycles. The molecule has 27 heavy (non-hydrogen) atoms. The van der Waals surface area contributed by atoms with E-state index in [1.165, 1.54) is 11.8 Å². The second kappa shape index (κ2) is 8.61. The van der Waals surface area contributed by atoms with Crippen molar-refractivity contribution in [1.29, 1.82) is 0 Å². The van der Waals surface area contributed by atoms with Crippen molar-refractivity contribution in [2.75, 3.05) is 23.9 Å². The Morgan fingerprint density at radius 1 is 1.22 bits per heavy atom. The summed E-state index contributed by atoms with van der Waals surface area (Å²) in [5.41, 5.74) is 3.72. The van der Waals surface area contributed by atoms with E-state index in [0.29, 0.717) is 12.3 Å². The van der Waals surface area contributed by atoms with Gasteiger partial charge in [0.15, 0.2) is 0 Å². The van der Waals surface area contributed by atoms with Crippen LogP contribution in [0.1, 0.15) is 30.7 Å². The van der Waals surface area contributed by atoms with Crippen LogP contribution in [0, 0.1) is 13.8 Å². The minimum Gasteiger partial charge on any atom is -0.330 e. The summed E-state index contributed by atoms with van der Waals surface area (Å²) in [7, 11) is 0. The summed E-state index contributed by atoms with van der Waals surface area (Å²) in [6.07, 6.45) is 4.55. The van der Waals surface area contributed by atoms with Crippen molar-refractivity contribution < 1.29 is 9.59 Å². The summed E-state index contributed by atoms with van der Waals surface area (Å²) in [5, 5.41) is 7.44. The molecule has 2 heterocycles. The van der Waals surface area contributed by atoms with Crippen molar-refractivity contribution >= 4 is 29.3 Å². The maximum absolute atomic E-state index is 12.8. The molecule has 1 fully saturated rings. The summed E-state index contributed by atoms with van der Waals surface area (Å²) in [4.78, 5) is 26.8. The fourth-order valence-corrected chi connectivity index (χ4v) is 3.92. The Balaban J connectivity index is 1.69. The third-order valence-corrected chi connectivity index (χ3v) is 5.32. The normalized spacial score (nSPS) is 17.0. The lowest BCUT2D eigenvalue weighted by molar-refractivity contribution is -0.138. The highest BCUT2D eigenvalue weighted by atomic mass is 32.2. The predicted molar refractivity (Wildman–Crippen MR) is 109 cm³/mol. The molecule has 2 aromatic rings. The molecule has 1 aromatic heterocycles. The topological polar surface area (TPSA) is 67.2 Å². The lowest BCUT2D eigenvalue weighted by Crippen LogP contribution is -2.50. The van der Waals surface area contributed by atoms with E-state index in [0.717, 1.165) is 42.0 Å². The van der Waals surface area contributed by atoms with Crippen molar-refractivity contribution in [2.24, 2.45) is 0 Å². The number of amides is 2. The summed E-state index contributed by atoms with van der Waals surface area (Å²) in [5.74, 6) is 0.353. The van der Waals surface area contributed by atoms with Gasteiger partial charge >= 0.3 is 0 Å². The summed E-state index contributed by atoms with van der Waals surface area (Å²) >= 11 is 1.49.